The summed E-state index contributed by atoms with van der Waals surface area (Å²) in [4.78, 5) is 0. The fraction of sp³-hybridized carbons (Fsp3) is 0.440. The van der Waals surface area contributed by atoms with Crippen LogP contribution in [0.1, 0.15) is 147 Å². The Kier molecular flexibility index (Phi) is 11.4. The molecule has 0 spiro atoms. The Morgan fingerprint density at radius 3 is 1.22 bits per heavy atom. The maximum atomic E-state index is 9.06. The molecule has 0 radical (unpaired) electrons. The van der Waals surface area contributed by atoms with Crippen molar-refractivity contribution in [3.8, 4) is 22.3 Å². The third-order valence-electron chi connectivity index (χ3n) is 13.0. The van der Waals surface area contributed by atoms with Crippen molar-refractivity contribution in [1.82, 2.24) is 0 Å². The second-order valence-electron chi connectivity index (χ2n) is 19.3. The minimum absolute atomic E-state index is 0.0197. The van der Waals surface area contributed by atoms with Gasteiger partial charge in [-0.25, -0.2) is 0 Å². The summed E-state index contributed by atoms with van der Waals surface area (Å²) in [6.45, 7) is 33.2. The van der Waals surface area contributed by atoms with Crippen molar-refractivity contribution in [2.45, 2.75) is 128 Å². The van der Waals surface area contributed by atoms with Gasteiger partial charge in [0.15, 0.2) is 0 Å². The number of allylic oxidation sites excluding steroid dienone is 2. The third kappa shape index (κ3) is 6.70. The van der Waals surface area contributed by atoms with Gasteiger partial charge in [-0.2, -0.15) is 0 Å². The third-order valence-corrected chi connectivity index (χ3v) is 64.5. The van der Waals surface area contributed by atoms with Crippen LogP contribution in [0, 0.1) is 10.8 Å². The normalized spacial score (nSPS) is 18.2. The van der Waals surface area contributed by atoms with Crippen molar-refractivity contribution in [3.05, 3.63) is 128 Å². The number of benzene rings is 4. The Labute approximate surface area is 337 Å². The van der Waals surface area contributed by atoms with Gasteiger partial charge in [0.25, 0.3) is 0 Å². The van der Waals surface area contributed by atoms with E-state index in [2.05, 4.69) is 181 Å². The summed E-state index contributed by atoms with van der Waals surface area (Å²) in [6, 6.07) is 27.9. The number of hydrogen-bond donors (Lipinski definition) is 0. The van der Waals surface area contributed by atoms with Crippen LogP contribution in [-0.2, 0) is 28.4 Å². The number of fused-ring (bicyclic) bond motifs is 2. The van der Waals surface area contributed by atoms with Gasteiger partial charge >= 0.3 is 340 Å². The van der Waals surface area contributed by atoms with Crippen LogP contribution in [0.3, 0.4) is 0 Å². The van der Waals surface area contributed by atoms with Crippen molar-refractivity contribution in [3.63, 3.8) is 0 Å². The molecule has 2 unspecified atom stereocenters. The molecule has 2 aliphatic rings. The van der Waals surface area contributed by atoms with Gasteiger partial charge in [0, 0.05) is 0 Å². The van der Waals surface area contributed by atoms with Crippen LogP contribution >= 0.6 is 17.0 Å². The molecule has 0 nitrogen and oxygen atoms in total. The first kappa shape index (κ1) is 41.7. The van der Waals surface area contributed by atoms with Gasteiger partial charge in [-0.1, -0.05) is 0 Å². The van der Waals surface area contributed by atoms with Gasteiger partial charge in [0.2, 0.25) is 0 Å². The van der Waals surface area contributed by atoms with Gasteiger partial charge in [-0.05, 0) is 0 Å². The first-order valence-corrected chi connectivity index (χ1v) is 37.0. The minimum atomic E-state index is -5.12. The summed E-state index contributed by atoms with van der Waals surface area (Å²) in [5.41, 5.74) is 19.2. The van der Waals surface area contributed by atoms with E-state index in [4.69, 9.17) is 17.0 Å². The molecule has 0 aliphatic heterocycles. The Morgan fingerprint density at radius 2 is 0.926 bits per heavy atom. The molecule has 0 fully saturated rings. The van der Waals surface area contributed by atoms with Crippen LogP contribution < -0.4 is 0 Å². The van der Waals surface area contributed by atoms with E-state index in [1.807, 2.05) is 0 Å². The monoisotopic (exact) mass is 853 g/mol. The predicted octanol–water partition coefficient (Wildman–Crippen LogP) is 16.0. The molecule has 0 saturated carbocycles. The van der Waals surface area contributed by atoms with Crippen molar-refractivity contribution < 1.29 is 15.6 Å². The van der Waals surface area contributed by atoms with Crippen LogP contribution in [0.2, 0.25) is 13.1 Å². The van der Waals surface area contributed by atoms with Gasteiger partial charge in [0.05, 0.1) is 0 Å². The second kappa shape index (κ2) is 14.8. The fourth-order valence-electron chi connectivity index (χ4n) is 9.99. The first-order chi connectivity index (χ1) is 25.2. The molecule has 6 rings (SSSR count). The molecule has 0 bridgehead atoms. The van der Waals surface area contributed by atoms with Crippen LogP contribution in [-0.4, -0.2) is 5.92 Å². The predicted molar refractivity (Wildman–Crippen MR) is 242 cm³/mol. The quantitative estimate of drug-likeness (QED) is 0.147. The average Bonchev–Trinajstić information content (AvgIpc) is 3.72. The van der Waals surface area contributed by atoms with Gasteiger partial charge in [0.1, 0.15) is 0 Å². The SMILES string of the molecule is CCc1ccc2c(c1-c1ccccc1C(C)C)C=C(C(C)(C)C)[CH]2[Zr]([Cl])([Cl])([CH]1C(C(C)(C)C)=Cc2c1ccc(CC)c2-c1ccccc1C(C)C)[SiH](C)C. The van der Waals surface area contributed by atoms with Crippen LogP contribution in [0.25, 0.3) is 34.4 Å². The van der Waals surface area contributed by atoms with E-state index in [0.717, 1.165) is 12.8 Å². The molecule has 2 aliphatic carbocycles. The van der Waals surface area contributed by atoms with E-state index >= 15 is 0 Å². The van der Waals surface area contributed by atoms with E-state index < -0.39 is 21.5 Å². The average molecular weight is 856 g/mol. The summed E-state index contributed by atoms with van der Waals surface area (Å²) in [6.07, 6.45) is 7.09. The molecule has 4 heteroatoms. The van der Waals surface area contributed by atoms with E-state index in [-0.39, 0.29) is 18.1 Å². The Balaban J connectivity index is 1.73. The van der Waals surface area contributed by atoms with E-state index in [1.54, 1.807) is 0 Å². The molecule has 0 N–H and O–H groups in total. The molecular weight excluding hydrogens is 791 g/mol. The molecule has 287 valence electrons. The molecular formula is C50H65Cl2SiZr. The molecule has 0 heterocycles. The summed E-state index contributed by atoms with van der Waals surface area (Å²) in [5.74, 6) is -0.945. The zero-order valence-electron chi connectivity index (χ0n) is 35.6. The van der Waals surface area contributed by atoms with Crippen molar-refractivity contribution in [1.29, 1.82) is 0 Å². The molecule has 4 aromatic carbocycles. The Morgan fingerprint density at radius 1 is 0.574 bits per heavy atom. The Hall–Kier alpha value is -1.96. The van der Waals surface area contributed by atoms with E-state index in [9.17, 15) is 0 Å². The van der Waals surface area contributed by atoms with E-state index in [1.165, 1.54) is 77.9 Å². The first-order valence-electron chi connectivity index (χ1n) is 20.7. The van der Waals surface area contributed by atoms with Crippen LogP contribution in [0.15, 0.2) is 83.9 Å². The van der Waals surface area contributed by atoms with Gasteiger partial charge < -0.3 is 0 Å². The summed E-state index contributed by atoms with van der Waals surface area (Å²) >= 11 is -5.12. The molecule has 0 saturated heterocycles. The molecule has 2 atom stereocenters. The van der Waals surface area contributed by atoms with Crippen LogP contribution in [0.5, 0.6) is 0 Å². The molecule has 54 heavy (non-hydrogen) atoms. The fourth-order valence-corrected chi connectivity index (χ4v) is 41.4. The topological polar surface area (TPSA) is 0 Å². The number of rotatable bonds is 9. The van der Waals surface area contributed by atoms with Crippen LogP contribution in [0.4, 0.5) is 0 Å². The van der Waals surface area contributed by atoms with Crippen molar-refractivity contribution in [2.24, 2.45) is 10.8 Å². The molecule has 4 aromatic rings. The Bertz CT molecular complexity index is 2000. The standard InChI is InChI=1S/2C24H29.C2H7Si.2ClH.Zr/c2*1-7-17-12-13-18-14-19(24(4,5)6)15-22(18)23(17)21-11-9-8-10-20(21)16(2)3;1-3-2;;;/h2*8-16H,7H2,1-6H3;3H,1-2H3;2*1H;/q;;;;;+2/p-2. The summed E-state index contributed by atoms with van der Waals surface area (Å²) in [7, 11) is 18.1. The van der Waals surface area contributed by atoms with Gasteiger partial charge in [-0.15, -0.1) is 0 Å². The number of hydrogen-bond acceptors (Lipinski definition) is 0. The van der Waals surface area contributed by atoms with Gasteiger partial charge in [-0.3, -0.25) is 0 Å². The number of halogens is 2. The molecule has 0 amide bonds. The van der Waals surface area contributed by atoms with Crippen molar-refractivity contribution >= 4 is 35.1 Å². The molecule has 0 aromatic heterocycles. The summed E-state index contributed by atoms with van der Waals surface area (Å²) < 4.78 is 0.0394. The zero-order valence-corrected chi connectivity index (χ0v) is 40.8. The van der Waals surface area contributed by atoms with E-state index in [0.29, 0.717) is 11.8 Å². The van der Waals surface area contributed by atoms with Crippen molar-refractivity contribution in [2.75, 3.05) is 0 Å². The zero-order chi connectivity index (χ0) is 39.7. The maximum absolute atomic E-state index is 9.06. The number of aryl methyl sites for hydroxylation is 2. The second-order valence-corrected chi connectivity index (χ2v) is 61.8. The summed E-state index contributed by atoms with van der Waals surface area (Å²) in [5, 5.41) is 0.